The molecule has 0 aliphatic rings. The van der Waals surface area contributed by atoms with Crippen LogP contribution in [-0.4, -0.2) is 16.6 Å². The Kier molecular flexibility index (Phi) is 4.67. The van der Waals surface area contributed by atoms with E-state index in [4.69, 9.17) is 0 Å². The van der Waals surface area contributed by atoms with Gasteiger partial charge in [0.2, 0.25) is 5.78 Å². The molecule has 3 nitrogen and oxygen atoms in total. The highest BCUT2D eigenvalue weighted by Gasteiger charge is 2.33. The van der Waals surface area contributed by atoms with Gasteiger partial charge in [0.15, 0.2) is 5.78 Å². The molecule has 0 unspecified atom stereocenters. The molecule has 1 aromatic heterocycles. The molecule has 0 N–H and O–H groups in total. The lowest BCUT2D eigenvalue weighted by Gasteiger charge is -2.12. The lowest BCUT2D eigenvalue weighted by atomic mass is 9.96. The minimum absolute atomic E-state index is 0.177. The van der Waals surface area contributed by atoms with Crippen molar-refractivity contribution in [1.29, 1.82) is 0 Å². The standard InChI is InChI=1S/C20H12F3NO2/c21-20(22,23)15-11-16(18(25)13-7-3-1-4-8-13)17(24-12-15)19(26)14-9-5-2-6-10-14/h1-12H. The predicted molar refractivity (Wildman–Crippen MR) is 89.0 cm³/mol. The number of carbonyl (C=O) groups excluding carboxylic acids is 2. The van der Waals surface area contributed by atoms with E-state index in [-0.39, 0.29) is 22.4 Å². The zero-order chi connectivity index (χ0) is 18.7. The predicted octanol–water partition coefficient (Wildman–Crippen LogP) is 4.56. The number of rotatable bonds is 4. The molecule has 0 spiro atoms. The molecule has 0 saturated carbocycles. The van der Waals surface area contributed by atoms with E-state index in [9.17, 15) is 22.8 Å². The van der Waals surface area contributed by atoms with Gasteiger partial charge in [-0.15, -0.1) is 0 Å². The zero-order valence-corrected chi connectivity index (χ0v) is 13.3. The second-order valence-corrected chi connectivity index (χ2v) is 5.51. The van der Waals surface area contributed by atoms with Gasteiger partial charge in [-0.2, -0.15) is 13.2 Å². The number of hydrogen-bond donors (Lipinski definition) is 0. The molecule has 6 heteroatoms. The topological polar surface area (TPSA) is 47.0 Å². The average Bonchev–Trinajstić information content (AvgIpc) is 2.67. The lowest BCUT2D eigenvalue weighted by molar-refractivity contribution is -0.137. The van der Waals surface area contributed by atoms with Crippen LogP contribution in [0.1, 0.15) is 37.5 Å². The summed E-state index contributed by atoms with van der Waals surface area (Å²) < 4.78 is 39.2. The minimum Gasteiger partial charge on any atom is -0.289 e. The Balaban J connectivity index is 2.15. The van der Waals surface area contributed by atoms with Gasteiger partial charge in [-0.25, -0.2) is 0 Å². The van der Waals surface area contributed by atoms with Gasteiger partial charge in [-0.3, -0.25) is 14.6 Å². The second kappa shape index (κ2) is 6.92. The molecule has 1 heterocycles. The number of carbonyl (C=O) groups is 2. The third kappa shape index (κ3) is 3.54. The number of hydrogen-bond acceptors (Lipinski definition) is 3. The van der Waals surface area contributed by atoms with Crippen LogP contribution in [0.15, 0.2) is 72.9 Å². The maximum Gasteiger partial charge on any atom is 0.417 e. The summed E-state index contributed by atoms with van der Waals surface area (Å²) in [5, 5.41) is 0. The van der Waals surface area contributed by atoms with E-state index in [1.807, 2.05) is 0 Å². The Labute approximate surface area is 147 Å². The van der Waals surface area contributed by atoms with Crippen LogP contribution in [0.3, 0.4) is 0 Å². The van der Waals surface area contributed by atoms with Gasteiger partial charge in [0.1, 0.15) is 5.69 Å². The van der Waals surface area contributed by atoms with E-state index < -0.39 is 23.3 Å². The number of pyridine rings is 1. The summed E-state index contributed by atoms with van der Waals surface area (Å²) in [5.41, 5.74) is -1.35. The number of nitrogens with zero attached hydrogens (tertiary/aromatic N) is 1. The monoisotopic (exact) mass is 355 g/mol. The summed E-state index contributed by atoms with van der Waals surface area (Å²) >= 11 is 0. The molecular weight excluding hydrogens is 343 g/mol. The molecule has 3 aromatic rings. The van der Waals surface area contributed by atoms with Crippen LogP contribution >= 0.6 is 0 Å². The van der Waals surface area contributed by atoms with E-state index in [0.29, 0.717) is 12.3 Å². The first-order valence-electron chi connectivity index (χ1n) is 7.64. The van der Waals surface area contributed by atoms with Crippen molar-refractivity contribution in [2.75, 3.05) is 0 Å². The van der Waals surface area contributed by atoms with Gasteiger partial charge >= 0.3 is 6.18 Å². The summed E-state index contributed by atoms with van der Waals surface area (Å²) in [6.07, 6.45) is -4.11. The minimum atomic E-state index is -4.67. The molecule has 0 fully saturated rings. The van der Waals surface area contributed by atoms with E-state index in [1.165, 1.54) is 24.3 Å². The van der Waals surface area contributed by atoms with E-state index in [2.05, 4.69) is 4.98 Å². The lowest BCUT2D eigenvalue weighted by Crippen LogP contribution is -2.16. The van der Waals surface area contributed by atoms with Crippen molar-refractivity contribution in [3.63, 3.8) is 0 Å². The number of ketones is 2. The van der Waals surface area contributed by atoms with Gasteiger partial charge in [0, 0.05) is 17.3 Å². The fourth-order valence-corrected chi connectivity index (χ4v) is 2.45. The quantitative estimate of drug-likeness (QED) is 0.645. The third-order valence-corrected chi connectivity index (χ3v) is 3.75. The molecule has 0 aliphatic heterocycles. The largest absolute Gasteiger partial charge is 0.417 e. The Bertz CT molecular complexity index is 952. The molecule has 26 heavy (non-hydrogen) atoms. The maximum absolute atomic E-state index is 13.1. The summed E-state index contributed by atoms with van der Waals surface area (Å²) in [7, 11) is 0. The van der Waals surface area contributed by atoms with E-state index in [0.717, 1.165) is 0 Å². The molecular formula is C20H12F3NO2. The Morgan fingerprint density at radius 2 is 1.27 bits per heavy atom. The van der Waals surface area contributed by atoms with Crippen molar-refractivity contribution in [2.45, 2.75) is 6.18 Å². The first-order valence-corrected chi connectivity index (χ1v) is 7.64. The van der Waals surface area contributed by atoms with Crippen LogP contribution in [0.2, 0.25) is 0 Å². The van der Waals surface area contributed by atoms with E-state index >= 15 is 0 Å². The fourth-order valence-electron chi connectivity index (χ4n) is 2.45. The first kappa shape index (κ1) is 17.5. The van der Waals surface area contributed by atoms with Crippen molar-refractivity contribution >= 4 is 11.6 Å². The first-order chi connectivity index (χ1) is 12.4. The highest BCUT2D eigenvalue weighted by atomic mass is 19.4. The van der Waals surface area contributed by atoms with Crippen LogP contribution < -0.4 is 0 Å². The van der Waals surface area contributed by atoms with Crippen LogP contribution in [0.5, 0.6) is 0 Å². The highest BCUT2D eigenvalue weighted by Crippen LogP contribution is 2.30. The smallest absolute Gasteiger partial charge is 0.289 e. The van der Waals surface area contributed by atoms with E-state index in [1.54, 1.807) is 36.4 Å². The van der Waals surface area contributed by atoms with Gasteiger partial charge < -0.3 is 0 Å². The van der Waals surface area contributed by atoms with Crippen molar-refractivity contribution in [1.82, 2.24) is 4.98 Å². The zero-order valence-electron chi connectivity index (χ0n) is 13.3. The van der Waals surface area contributed by atoms with Gasteiger partial charge in [0.25, 0.3) is 0 Å². The molecule has 130 valence electrons. The van der Waals surface area contributed by atoms with Crippen LogP contribution in [0, 0.1) is 0 Å². The summed E-state index contributed by atoms with van der Waals surface area (Å²) in [6.45, 7) is 0. The Morgan fingerprint density at radius 3 is 1.77 bits per heavy atom. The van der Waals surface area contributed by atoms with Crippen LogP contribution in [0.25, 0.3) is 0 Å². The highest BCUT2D eigenvalue weighted by molar-refractivity contribution is 6.18. The fraction of sp³-hybridized carbons (Fsp3) is 0.0500. The SMILES string of the molecule is O=C(c1ccccc1)c1cc(C(F)(F)F)cnc1C(=O)c1ccccc1. The Morgan fingerprint density at radius 1 is 0.769 bits per heavy atom. The summed E-state index contributed by atoms with van der Waals surface area (Å²) in [4.78, 5) is 29.1. The second-order valence-electron chi connectivity index (χ2n) is 5.51. The molecule has 0 saturated heterocycles. The van der Waals surface area contributed by atoms with Crippen molar-refractivity contribution in [3.05, 3.63) is 101 Å². The summed E-state index contributed by atoms with van der Waals surface area (Å²) in [5.74, 6) is -1.30. The third-order valence-electron chi connectivity index (χ3n) is 3.75. The van der Waals surface area contributed by atoms with Gasteiger partial charge in [-0.05, 0) is 6.07 Å². The molecule has 0 amide bonds. The van der Waals surface area contributed by atoms with Crippen molar-refractivity contribution in [2.24, 2.45) is 0 Å². The van der Waals surface area contributed by atoms with Gasteiger partial charge in [-0.1, -0.05) is 60.7 Å². The normalized spacial score (nSPS) is 11.2. The van der Waals surface area contributed by atoms with Crippen molar-refractivity contribution < 1.29 is 22.8 Å². The molecule has 0 radical (unpaired) electrons. The summed E-state index contributed by atoms with van der Waals surface area (Å²) in [6, 6.07) is 16.4. The van der Waals surface area contributed by atoms with Gasteiger partial charge in [0.05, 0.1) is 11.1 Å². The van der Waals surface area contributed by atoms with Crippen LogP contribution in [0.4, 0.5) is 13.2 Å². The number of benzene rings is 2. The molecule has 3 rings (SSSR count). The molecule has 0 bridgehead atoms. The molecule has 0 aliphatic carbocycles. The molecule has 2 aromatic carbocycles. The number of alkyl halides is 3. The maximum atomic E-state index is 13.1. The Hall–Kier alpha value is -3.28. The number of aromatic nitrogens is 1. The molecule has 0 atom stereocenters. The van der Waals surface area contributed by atoms with Crippen molar-refractivity contribution in [3.8, 4) is 0 Å². The number of halogens is 3. The average molecular weight is 355 g/mol. The van der Waals surface area contributed by atoms with Crippen LogP contribution in [-0.2, 0) is 6.18 Å².